The van der Waals surface area contributed by atoms with Crippen LogP contribution in [0.15, 0.2) is 84.9 Å². The lowest BCUT2D eigenvalue weighted by Gasteiger charge is -2.32. The molecule has 1 fully saturated rings. The molecule has 2 aromatic carbocycles. The number of halogens is 6. The third-order valence-corrected chi connectivity index (χ3v) is 5.79. The molecular formula is C27H25F6NO3. The van der Waals surface area contributed by atoms with Crippen LogP contribution in [0.2, 0.25) is 0 Å². The van der Waals surface area contributed by atoms with Crippen LogP contribution in [0, 0.1) is 5.82 Å². The molecule has 198 valence electrons. The molecule has 3 rings (SSSR count). The second-order valence-electron chi connectivity index (χ2n) is 8.50. The lowest BCUT2D eigenvalue weighted by atomic mass is 9.83. The first kappa shape index (κ1) is 27.9. The summed E-state index contributed by atoms with van der Waals surface area (Å²) in [6.07, 6.45) is -2.77. The molecule has 2 aromatic rings. The van der Waals surface area contributed by atoms with E-state index in [1.165, 1.54) is 12.2 Å². The number of ether oxygens (including phenoxy) is 2. The molecule has 37 heavy (non-hydrogen) atoms. The largest absolute Gasteiger partial charge is 0.488 e. The van der Waals surface area contributed by atoms with Crippen LogP contribution in [0.3, 0.4) is 0 Å². The van der Waals surface area contributed by atoms with Gasteiger partial charge in [0.2, 0.25) is 6.41 Å². The zero-order valence-corrected chi connectivity index (χ0v) is 19.6. The molecule has 0 aromatic heterocycles. The van der Waals surface area contributed by atoms with E-state index in [1.54, 1.807) is 30.3 Å². The van der Waals surface area contributed by atoms with E-state index in [0.717, 1.165) is 37.5 Å². The van der Waals surface area contributed by atoms with Gasteiger partial charge in [0.25, 0.3) is 0 Å². The van der Waals surface area contributed by atoms with E-state index < -0.39 is 35.5 Å². The molecule has 1 aliphatic carbocycles. The van der Waals surface area contributed by atoms with Crippen molar-refractivity contribution in [3.05, 3.63) is 102 Å². The fourth-order valence-corrected chi connectivity index (χ4v) is 3.68. The number of benzene rings is 2. The van der Waals surface area contributed by atoms with Crippen LogP contribution < -0.4 is 10.1 Å². The number of hydrogen-bond acceptors (Lipinski definition) is 3. The highest BCUT2D eigenvalue weighted by Crippen LogP contribution is 2.34. The number of alkyl halides is 4. The smallest absolute Gasteiger partial charge is 0.461 e. The summed E-state index contributed by atoms with van der Waals surface area (Å²) in [6, 6.07) is 10.9. The molecule has 0 heterocycles. The van der Waals surface area contributed by atoms with Crippen molar-refractivity contribution in [2.45, 2.75) is 49.9 Å². The van der Waals surface area contributed by atoms with Crippen molar-refractivity contribution in [3.8, 4) is 5.75 Å². The quantitative estimate of drug-likeness (QED) is 0.136. The molecule has 1 N–H and O–H groups in total. The number of nitrogens with one attached hydrogen (secondary N) is 1. The lowest BCUT2D eigenvalue weighted by molar-refractivity contribution is -0.253. The summed E-state index contributed by atoms with van der Waals surface area (Å²) in [4.78, 5) is 11.6. The SMILES string of the molecule is C=C(OC1CCC1)/C(F)=C\C=C\[C@@](Cc1ccccc1)(NC=O)c1cc(F)cc(OC(F)(F)C(F)F)c1. The fraction of sp³-hybridized carbons (Fsp3) is 0.296. The van der Waals surface area contributed by atoms with E-state index >= 15 is 0 Å². The monoisotopic (exact) mass is 525 g/mol. The minimum atomic E-state index is -4.88. The van der Waals surface area contributed by atoms with Gasteiger partial charge < -0.3 is 14.8 Å². The molecule has 0 bridgehead atoms. The second-order valence-corrected chi connectivity index (χ2v) is 8.50. The Bertz CT molecular complexity index is 1150. The Morgan fingerprint density at radius 1 is 1.16 bits per heavy atom. The van der Waals surface area contributed by atoms with Gasteiger partial charge in [-0.05, 0) is 48.6 Å². The van der Waals surface area contributed by atoms with Crippen molar-refractivity contribution in [1.82, 2.24) is 5.32 Å². The van der Waals surface area contributed by atoms with Crippen LogP contribution in [-0.4, -0.2) is 25.0 Å². The number of amides is 1. The summed E-state index contributed by atoms with van der Waals surface area (Å²) in [6.45, 7) is 3.56. The molecule has 1 saturated carbocycles. The predicted octanol–water partition coefficient (Wildman–Crippen LogP) is 6.74. The maximum atomic E-state index is 14.6. The minimum Gasteiger partial charge on any atom is -0.488 e. The Labute approximate surface area is 210 Å². The maximum absolute atomic E-state index is 14.6. The first-order valence-electron chi connectivity index (χ1n) is 11.4. The molecule has 1 atom stereocenters. The molecule has 0 aliphatic heterocycles. The maximum Gasteiger partial charge on any atom is 0.461 e. The van der Waals surface area contributed by atoms with Crippen LogP contribution >= 0.6 is 0 Å². The molecule has 1 aliphatic rings. The van der Waals surface area contributed by atoms with Crippen molar-refractivity contribution >= 4 is 6.41 Å². The van der Waals surface area contributed by atoms with E-state index in [-0.39, 0.29) is 23.8 Å². The van der Waals surface area contributed by atoms with E-state index in [9.17, 15) is 31.1 Å². The van der Waals surface area contributed by atoms with Crippen LogP contribution in [0.25, 0.3) is 0 Å². The van der Waals surface area contributed by atoms with Gasteiger partial charge in [0.05, 0.1) is 11.6 Å². The first-order chi connectivity index (χ1) is 17.5. The Hall–Kier alpha value is -3.69. The zero-order valence-electron chi connectivity index (χ0n) is 19.6. The van der Waals surface area contributed by atoms with Gasteiger partial charge in [-0.3, -0.25) is 4.79 Å². The predicted molar refractivity (Wildman–Crippen MR) is 125 cm³/mol. The summed E-state index contributed by atoms with van der Waals surface area (Å²) in [5.41, 5.74) is -1.09. The van der Waals surface area contributed by atoms with Crippen LogP contribution in [-0.2, 0) is 21.5 Å². The molecule has 4 nitrogen and oxygen atoms in total. The van der Waals surface area contributed by atoms with Crippen molar-refractivity contribution < 1.29 is 40.6 Å². The van der Waals surface area contributed by atoms with E-state index in [1.807, 2.05) is 0 Å². The highest BCUT2D eigenvalue weighted by molar-refractivity contribution is 5.53. The van der Waals surface area contributed by atoms with Crippen LogP contribution in [0.1, 0.15) is 30.4 Å². The molecule has 0 radical (unpaired) electrons. The van der Waals surface area contributed by atoms with Crippen molar-refractivity contribution in [2.75, 3.05) is 0 Å². The number of allylic oxidation sites excluding steroid dienone is 3. The molecule has 0 spiro atoms. The average Bonchev–Trinajstić information content (AvgIpc) is 2.81. The standard InChI is InChI=1S/C27H25F6NO3/c1-18(36-22-9-5-10-22)24(29)11-6-12-26(34-17-35,16-19-7-3-2-4-8-19)20-13-21(28)15-23(14-20)37-27(32,33)25(30)31/h2-4,6-8,11-15,17,22,25H,1,5,9-10,16H2,(H,34,35)/b12-6+,24-11+/t26-/m0/s1. The van der Waals surface area contributed by atoms with Gasteiger partial charge in [-0.1, -0.05) is 49.1 Å². The van der Waals surface area contributed by atoms with Gasteiger partial charge in [0.15, 0.2) is 5.83 Å². The van der Waals surface area contributed by atoms with Gasteiger partial charge in [0.1, 0.15) is 17.3 Å². The van der Waals surface area contributed by atoms with Gasteiger partial charge >= 0.3 is 12.5 Å². The Morgan fingerprint density at radius 2 is 1.86 bits per heavy atom. The second kappa shape index (κ2) is 12.0. The normalized spacial score (nSPS) is 16.2. The summed E-state index contributed by atoms with van der Waals surface area (Å²) in [5.74, 6) is -2.94. The Balaban J connectivity index is 2.02. The average molecular weight is 525 g/mol. The summed E-state index contributed by atoms with van der Waals surface area (Å²) < 4.78 is 90.9. The van der Waals surface area contributed by atoms with Crippen molar-refractivity contribution in [3.63, 3.8) is 0 Å². The van der Waals surface area contributed by atoms with Crippen molar-refractivity contribution in [1.29, 1.82) is 0 Å². The van der Waals surface area contributed by atoms with Gasteiger partial charge in [-0.15, -0.1) is 0 Å². The molecule has 0 saturated heterocycles. The molecular weight excluding hydrogens is 500 g/mol. The van der Waals surface area contributed by atoms with Gasteiger partial charge in [0, 0.05) is 12.5 Å². The highest BCUT2D eigenvalue weighted by atomic mass is 19.3. The van der Waals surface area contributed by atoms with Crippen LogP contribution in [0.4, 0.5) is 26.3 Å². The Kier molecular flexibility index (Phi) is 9.07. The highest BCUT2D eigenvalue weighted by Gasteiger charge is 2.44. The molecule has 10 heteroatoms. The summed E-state index contributed by atoms with van der Waals surface area (Å²) in [7, 11) is 0. The van der Waals surface area contributed by atoms with E-state index in [4.69, 9.17) is 4.74 Å². The number of hydrogen-bond donors (Lipinski definition) is 1. The fourth-order valence-electron chi connectivity index (χ4n) is 3.68. The zero-order chi connectivity index (χ0) is 27.1. The van der Waals surface area contributed by atoms with Gasteiger partial charge in [-0.2, -0.15) is 17.6 Å². The van der Waals surface area contributed by atoms with Crippen molar-refractivity contribution in [2.24, 2.45) is 0 Å². The number of carbonyl (C=O) groups is 1. The van der Waals surface area contributed by atoms with E-state index in [2.05, 4.69) is 16.6 Å². The topological polar surface area (TPSA) is 47.6 Å². The van der Waals surface area contributed by atoms with E-state index in [0.29, 0.717) is 18.0 Å². The third-order valence-electron chi connectivity index (χ3n) is 5.79. The van der Waals surface area contributed by atoms with Crippen LogP contribution in [0.5, 0.6) is 5.75 Å². The minimum absolute atomic E-state index is 0.0355. The molecule has 1 amide bonds. The Morgan fingerprint density at radius 3 is 2.46 bits per heavy atom. The number of carbonyl (C=O) groups excluding carboxylic acids is 1. The number of rotatable bonds is 13. The summed E-state index contributed by atoms with van der Waals surface area (Å²) >= 11 is 0. The first-order valence-corrected chi connectivity index (χ1v) is 11.4. The summed E-state index contributed by atoms with van der Waals surface area (Å²) in [5, 5.41) is 2.52. The third kappa shape index (κ3) is 7.41. The van der Waals surface area contributed by atoms with Gasteiger partial charge in [-0.25, -0.2) is 8.78 Å². The lowest BCUT2D eigenvalue weighted by Crippen LogP contribution is -2.42. The molecule has 0 unspecified atom stereocenters.